The number of hydrogen-bond donors (Lipinski definition) is 2. The van der Waals surface area contributed by atoms with Gasteiger partial charge in [0.15, 0.2) is 0 Å². The summed E-state index contributed by atoms with van der Waals surface area (Å²) in [6.45, 7) is 3.69. The van der Waals surface area contributed by atoms with Crippen LogP contribution < -0.4 is 4.74 Å². The van der Waals surface area contributed by atoms with Crippen LogP contribution in [-0.4, -0.2) is 43.1 Å². The number of benzene rings is 1. The molecule has 5 atom stereocenters. The Kier molecular flexibility index (Phi) is 5.56. The Labute approximate surface area is 189 Å². The van der Waals surface area contributed by atoms with Crippen LogP contribution in [0.15, 0.2) is 24.7 Å². The summed E-state index contributed by atoms with van der Waals surface area (Å²) in [7, 11) is 0. The molecule has 2 heterocycles. The lowest BCUT2D eigenvalue weighted by atomic mass is 9.82. The largest absolute Gasteiger partial charge is 0.487 e. The van der Waals surface area contributed by atoms with E-state index in [1.54, 1.807) is 10.8 Å². The van der Waals surface area contributed by atoms with Crippen molar-refractivity contribution in [3.63, 3.8) is 0 Å². The van der Waals surface area contributed by atoms with Gasteiger partial charge < -0.3 is 19.5 Å². The van der Waals surface area contributed by atoms with E-state index in [0.717, 1.165) is 23.6 Å². The molecule has 176 valence electrons. The van der Waals surface area contributed by atoms with Gasteiger partial charge in [-0.1, -0.05) is 6.92 Å². The molecule has 9 heteroatoms. The average molecular weight is 461 g/mol. The monoisotopic (exact) mass is 461 g/mol. The van der Waals surface area contributed by atoms with Crippen molar-refractivity contribution in [3.05, 3.63) is 52.9 Å². The molecule has 5 unspecified atom stereocenters. The third-order valence-corrected chi connectivity index (χ3v) is 7.13. The number of aryl methyl sites for hydroxylation is 1. The van der Waals surface area contributed by atoms with E-state index >= 15 is 0 Å². The zero-order valence-electron chi connectivity index (χ0n) is 18.4. The molecule has 2 N–H and O–H groups in total. The number of halogens is 3. The number of aliphatic hydroxyl groups excluding tert-OH is 2. The van der Waals surface area contributed by atoms with Crippen molar-refractivity contribution in [2.45, 2.75) is 76.2 Å². The second-order valence-electron chi connectivity index (χ2n) is 9.12. The molecule has 3 aromatic rings. The van der Waals surface area contributed by atoms with Crippen LogP contribution in [0.4, 0.5) is 13.2 Å². The molecular formula is C24H26F3N3O3. The molecular weight excluding hydrogens is 435 g/mol. The van der Waals surface area contributed by atoms with Gasteiger partial charge in [-0.05, 0) is 49.8 Å². The summed E-state index contributed by atoms with van der Waals surface area (Å²) in [6.07, 6.45) is -0.726. The second-order valence-corrected chi connectivity index (χ2v) is 9.12. The first-order valence-electron chi connectivity index (χ1n) is 11.2. The minimum atomic E-state index is -2.98. The van der Waals surface area contributed by atoms with E-state index in [2.05, 4.69) is 9.97 Å². The molecule has 6 nitrogen and oxygen atoms in total. The van der Waals surface area contributed by atoms with E-state index in [0.29, 0.717) is 24.1 Å². The molecule has 1 fully saturated rings. The highest BCUT2D eigenvalue weighted by molar-refractivity contribution is 5.78. The van der Waals surface area contributed by atoms with E-state index in [-0.39, 0.29) is 23.7 Å². The van der Waals surface area contributed by atoms with Crippen LogP contribution in [0, 0.1) is 12.7 Å². The third-order valence-electron chi connectivity index (χ3n) is 7.13. The van der Waals surface area contributed by atoms with Gasteiger partial charge in [0.2, 0.25) is 0 Å². The minimum absolute atomic E-state index is 0.167. The lowest BCUT2D eigenvalue weighted by Crippen LogP contribution is -2.34. The molecule has 1 saturated carbocycles. The number of aromatic nitrogens is 3. The number of hydrogen-bond acceptors (Lipinski definition) is 5. The predicted octanol–water partition coefficient (Wildman–Crippen LogP) is 4.37. The molecule has 0 bridgehead atoms. The summed E-state index contributed by atoms with van der Waals surface area (Å²) in [6, 6.07) is 2.39. The lowest BCUT2D eigenvalue weighted by Gasteiger charge is -2.28. The Morgan fingerprint density at radius 2 is 2.00 bits per heavy atom. The summed E-state index contributed by atoms with van der Waals surface area (Å²) in [5, 5.41) is 22.4. The van der Waals surface area contributed by atoms with Crippen LogP contribution in [0.2, 0.25) is 0 Å². The number of rotatable bonds is 4. The number of aliphatic hydroxyl groups is 2. The highest BCUT2D eigenvalue weighted by Gasteiger charge is 2.45. The smallest absolute Gasteiger partial charge is 0.266 e. The third kappa shape index (κ3) is 3.58. The first-order valence-corrected chi connectivity index (χ1v) is 11.2. The number of fused-ring (bicyclic) bond motifs is 2. The van der Waals surface area contributed by atoms with Crippen LogP contribution in [-0.2, 0) is 6.42 Å². The summed E-state index contributed by atoms with van der Waals surface area (Å²) >= 11 is 0. The molecule has 2 aromatic heterocycles. The average Bonchev–Trinajstić information content (AvgIpc) is 3.32. The molecule has 2 aliphatic rings. The Bertz CT molecular complexity index is 1200. The van der Waals surface area contributed by atoms with Gasteiger partial charge in [0.25, 0.3) is 6.43 Å². The van der Waals surface area contributed by atoms with E-state index in [4.69, 9.17) is 4.74 Å². The number of nitrogens with zero attached hydrogens (tertiary/aromatic N) is 3. The highest BCUT2D eigenvalue weighted by Crippen LogP contribution is 2.44. The fraction of sp³-hybridized carbons (Fsp3) is 0.500. The van der Waals surface area contributed by atoms with Gasteiger partial charge in [0.1, 0.15) is 41.9 Å². The summed E-state index contributed by atoms with van der Waals surface area (Å²) in [5.74, 6) is -0.894. The summed E-state index contributed by atoms with van der Waals surface area (Å²) < 4.78 is 49.9. The molecule has 0 radical (unpaired) electrons. The van der Waals surface area contributed by atoms with Crippen LogP contribution in [0.25, 0.3) is 11.0 Å². The van der Waals surface area contributed by atoms with Crippen molar-refractivity contribution >= 4 is 11.0 Å². The number of ether oxygens (including phenoxy) is 1. The van der Waals surface area contributed by atoms with Crippen LogP contribution in [0.1, 0.15) is 67.0 Å². The summed E-state index contributed by atoms with van der Waals surface area (Å²) in [5.41, 5.74) is 1.60. The Balaban J connectivity index is 1.49. The molecule has 5 rings (SSSR count). The number of alkyl halides is 2. The lowest BCUT2D eigenvalue weighted by molar-refractivity contribution is -0.0167. The Hall–Kier alpha value is -2.65. The second kappa shape index (κ2) is 8.29. The van der Waals surface area contributed by atoms with E-state index in [1.807, 2.05) is 19.9 Å². The zero-order chi connectivity index (χ0) is 23.4. The molecule has 0 amide bonds. The SMILES string of the molecule is Cc1ncnc2c1ccn2C1CC(Oc2cc(C(F)F)c(F)c3c2CCCC3C)C(O)C1O. The predicted molar refractivity (Wildman–Crippen MR) is 115 cm³/mol. The van der Waals surface area contributed by atoms with Gasteiger partial charge in [-0.3, -0.25) is 0 Å². The molecule has 0 saturated heterocycles. The first-order chi connectivity index (χ1) is 15.8. The van der Waals surface area contributed by atoms with Gasteiger partial charge in [-0.25, -0.2) is 23.1 Å². The standard InChI is InChI=1S/C24H26F3N3O3/c1-11-4-3-5-14-17(8-15(23(26)27)20(25)19(11)14)33-18-9-16(21(31)22(18)32)30-7-6-13-12(2)28-10-29-24(13)30/h6-8,10-11,16,18,21-23,31-32H,3-5,9H2,1-2H3. The van der Waals surface area contributed by atoms with E-state index < -0.39 is 42.2 Å². The van der Waals surface area contributed by atoms with Gasteiger partial charge in [-0.15, -0.1) is 0 Å². The van der Waals surface area contributed by atoms with Crippen LogP contribution >= 0.6 is 0 Å². The fourth-order valence-corrected chi connectivity index (χ4v) is 5.37. The zero-order valence-corrected chi connectivity index (χ0v) is 18.4. The Morgan fingerprint density at radius 3 is 2.76 bits per heavy atom. The van der Waals surface area contributed by atoms with Gasteiger partial charge >= 0.3 is 0 Å². The summed E-state index contributed by atoms with van der Waals surface area (Å²) in [4.78, 5) is 8.49. The maximum Gasteiger partial charge on any atom is 0.266 e. The van der Waals surface area contributed by atoms with E-state index in [1.165, 1.54) is 6.33 Å². The van der Waals surface area contributed by atoms with Crippen molar-refractivity contribution in [1.29, 1.82) is 0 Å². The molecule has 1 aromatic carbocycles. The first kappa shape index (κ1) is 22.2. The quantitative estimate of drug-likeness (QED) is 0.603. The van der Waals surface area contributed by atoms with Crippen LogP contribution in [0.5, 0.6) is 5.75 Å². The molecule has 0 spiro atoms. The highest BCUT2D eigenvalue weighted by atomic mass is 19.3. The molecule has 33 heavy (non-hydrogen) atoms. The van der Waals surface area contributed by atoms with E-state index in [9.17, 15) is 23.4 Å². The normalized spacial score (nSPS) is 27.3. The molecule has 0 aliphatic heterocycles. The fourth-order valence-electron chi connectivity index (χ4n) is 5.37. The minimum Gasteiger partial charge on any atom is -0.487 e. The van der Waals surface area contributed by atoms with Gasteiger partial charge in [-0.2, -0.15) is 0 Å². The van der Waals surface area contributed by atoms with Crippen molar-refractivity contribution in [1.82, 2.24) is 14.5 Å². The van der Waals surface area contributed by atoms with Crippen molar-refractivity contribution < 1.29 is 28.1 Å². The van der Waals surface area contributed by atoms with Crippen LogP contribution in [0.3, 0.4) is 0 Å². The maximum absolute atomic E-state index is 14.9. The van der Waals surface area contributed by atoms with Gasteiger partial charge in [0, 0.05) is 23.6 Å². The van der Waals surface area contributed by atoms with Crippen molar-refractivity contribution in [2.75, 3.05) is 0 Å². The molecule has 2 aliphatic carbocycles. The van der Waals surface area contributed by atoms with Crippen molar-refractivity contribution in [2.24, 2.45) is 0 Å². The maximum atomic E-state index is 14.9. The topological polar surface area (TPSA) is 80.4 Å². The Morgan fingerprint density at radius 1 is 1.21 bits per heavy atom. The van der Waals surface area contributed by atoms with Crippen molar-refractivity contribution in [3.8, 4) is 5.75 Å². The van der Waals surface area contributed by atoms with Gasteiger partial charge in [0.05, 0.1) is 17.3 Å².